The number of ether oxygens (including phenoxy) is 1. The number of carbonyl (C=O) groups excluding carboxylic acids is 1. The summed E-state index contributed by atoms with van der Waals surface area (Å²) < 4.78 is 7.63. The van der Waals surface area contributed by atoms with Gasteiger partial charge in [0.15, 0.2) is 11.0 Å². The summed E-state index contributed by atoms with van der Waals surface area (Å²) in [7, 11) is 0. The van der Waals surface area contributed by atoms with Crippen molar-refractivity contribution >= 4 is 58.2 Å². The van der Waals surface area contributed by atoms with Crippen LogP contribution in [0.3, 0.4) is 0 Å². The topological polar surface area (TPSA) is 69.0 Å². The van der Waals surface area contributed by atoms with Gasteiger partial charge in [-0.2, -0.15) is 0 Å². The fourth-order valence-corrected chi connectivity index (χ4v) is 3.81. The molecule has 0 fully saturated rings. The summed E-state index contributed by atoms with van der Waals surface area (Å²) in [5.41, 5.74) is 0.468. The first-order valence-corrected chi connectivity index (χ1v) is 10.8. The van der Waals surface area contributed by atoms with Gasteiger partial charge in [0.2, 0.25) is 5.91 Å². The van der Waals surface area contributed by atoms with Gasteiger partial charge in [-0.15, -0.1) is 10.2 Å². The van der Waals surface area contributed by atoms with E-state index >= 15 is 0 Å². The van der Waals surface area contributed by atoms with E-state index in [0.717, 1.165) is 0 Å². The molecular formula is C19H17Cl3N4O2S. The normalized spacial score (nSPS) is 10.8. The van der Waals surface area contributed by atoms with Crippen LogP contribution in [0, 0.1) is 0 Å². The Labute approximate surface area is 187 Å². The summed E-state index contributed by atoms with van der Waals surface area (Å²) in [6.07, 6.45) is 0. The summed E-state index contributed by atoms with van der Waals surface area (Å²) in [6.45, 7) is 2.83. The van der Waals surface area contributed by atoms with Crippen LogP contribution >= 0.6 is 46.6 Å². The molecule has 0 aliphatic carbocycles. The van der Waals surface area contributed by atoms with Gasteiger partial charge in [0.1, 0.15) is 12.4 Å². The van der Waals surface area contributed by atoms with Crippen molar-refractivity contribution in [2.45, 2.75) is 25.2 Å². The average molecular weight is 472 g/mol. The van der Waals surface area contributed by atoms with Crippen molar-refractivity contribution < 1.29 is 9.53 Å². The molecule has 1 N–H and O–H groups in total. The zero-order valence-electron chi connectivity index (χ0n) is 15.4. The Bertz CT molecular complexity index is 1010. The molecule has 1 amide bonds. The summed E-state index contributed by atoms with van der Waals surface area (Å²) >= 11 is 19.4. The van der Waals surface area contributed by atoms with E-state index in [2.05, 4.69) is 15.5 Å². The van der Waals surface area contributed by atoms with Crippen LogP contribution in [0.15, 0.2) is 47.6 Å². The molecule has 0 aliphatic heterocycles. The van der Waals surface area contributed by atoms with Gasteiger partial charge < -0.3 is 14.6 Å². The van der Waals surface area contributed by atoms with E-state index in [-0.39, 0.29) is 18.3 Å². The molecule has 1 heterocycles. The summed E-state index contributed by atoms with van der Waals surface area (Å²) in [6, 6.07) is 12.1. The molecule has 1 aromatic heterocycles. The van der Waals surface area contributed by atoms with Crippen LogP contribution in [0.2, 0.25) is 15.1 Å². The van der Waals surface area contributed by atoms with Gasteiger partial charge in [0.25, 0.3) is 0 Å². The van der Waals surface area contributed by atoms with Crippen LogP contribution in [0.5, 0.6) is 5.75 Å². The third kappa shape index (κ3) is 5.79. The summed E-state index contributed by atoms with van der Waals surface area (Å²) in [5.74, 6) is 1.14. The number of thioether (sulfide) groups is 1. The first-order valence-electron chi connectivity index (χ1n) is 8.65. The van der Waals surface area contributed by atoms with E-state index in [4.69, 9.17) is 39.5 Å². The number of rotatable bonds is 8. The van der Waals surface area contributed by atoms with E-state index in [0.29, 0.717) is 44.0 Å². The minimum absolute atomic E-state index is 0.145. The number of nitrogens with one attached hydrogen (secondary N) is 1. The molecule has 0 saturated carbocycles. The van der Waals surface area contributed by atoms with Crippen LogP contribution in [0.25, 0.3) is 0 Å². The van der Waals surface area contributed by atoms with Gasteiger partial charge in [-0.3, -0.25) is 4.79 Å². The number of amides is 1. The highest BCUT2D eigenvalue weighted by molar-refractivity contribution is 7.99. The lowest BCUT2D eigenvalue weighted by Gasteiger charge is -2.10. The zero-order valence-corrected chi connectivity index (χ0v) is 18.4. The van der Waals surface area contributed by atoms with Gasteiger partial charge in [-0.05, 0) is 37.3 Å². The first-order chi connectivity index (χ1) is 14.0. The molecular weight excluding hydrogens is 455 g/mol. The second kappa shape index (κ2) is 10.2. The molecule has 29 heavy (non-hydrogen) atoms. The standard InChI is InChI=1S/C19H17Cl3N4O2S/c1-2-26-17(10-28-16-6-4-3-5-14(16)22)24-25-19(26)29-11-18(27)23-15-9-12(20)7-8-13(15)21/h3-9H,2,10-11H2,1H3,(H,23,27). The lowest BCUT2D eigenvalue weighted by molar-refractivity contribution is -0.113. The SMILES string of the molecule is CCn1c(COc2ccccc2Cl)nnc1SCC(=O)Nc1cc(Cl)ccc1Cl. The first kappa shape index (κ1) is 21.8. The number of benzene rings is 2. The summed E-state index contributed by atoms with van der Waals surface area (Å²) in [4.78, 5) is 12.3. The van der Waals surface area contributed by atoms with Crippen molar-refractivity contribution in [2.75, 3.05) is 11.1 Å². The van der Waals surface area contributed by atoms with Crippen molar-refractivity contribution in [1.29, 1.82) is 0 Å². The maximum atomic E-state index is 12.3. The Kier molecular flexibility index (Phi) is 7.66. The smallest absolute Gasteiger partial charge is 0.234 e. The maximum Gasteiger partial charge on any atom is 0.234 e. The van der Waals surface area contributed by atoms with Crippen LogP contribution in [0.1, 0.15) is 12.7 Å². The molecule has 0 bridgehead atoms. The Morgan fingerprint density at radius 2 is 1.93 bits per heavy atom. The number of para-hydroxylation sites is 1. The summed E-state index contributed by atoms with van der Waals surface area (Å²) in [5, 5.41) is 13.2. The van der Waals surface area contributed by atoms with E-state index < -0.39 is 0 Å². The molecule has 152 valence electrons. The number of aromatic nitrogens is 3. The quantitative estimate of drug-likeness (QED) is 0.435. The zero-order chi connectivity index (χ0) is 20.8. The molecule has 0 spiro atoms. The third-order valence-electron chi connectivity index (χ3n) is 3.84. The number of hydrogen-bond acceptors (Lipinski definition) is 5. The number of anilines is 1. The minimum atomic E-state index is -0.223. The maximum absolute atomic E-state index is 12.3. The van der Waals surface area contributed by atoms with Crippen LogP contribution in [0.4, 0.5) is 5.69 Å². The van der Waals surface area contributed by atoms with Gasteiger partial charge in [0.05, 0.1) is 21.5 Å². The fourth-order valence-electron chi connectivity index (χ4n) is 2.46. The predicted octanol–water partition coefficient (Wildman–Crippen LogP) is 5.57. The second-order valence-corrected chi connectivity index (χ2v) is 8.02. The number of carbonyl (C=O) groups is 1. The number of halogens is 3. The fraction of sp³-hybridized carbons (Fsp3) is 0.211. The molecule has 6 nitrogen and oxygen atoms in total. The Morgan fingerprint density at radius 3 is 2.69 bits per heavy atom. The molecule has 0 saturated heterocycles. The average Bonchev–Trinajstić information content (AvgIpc) is 3.10. The number of nitrogens with zero attached hydrogens (tertiary/aromatic N) is 3. The molecule has 0 unspecified atom stereocenters. The van der Waals surface area contributed by atoms with Crippen LogP contribution in [-0.2, 0) is 17.9 Å². The number of hydrogen-bond donors (Lipinski definition) is 1. The molecule has 10 heteroatoms. The second-order valence-electron chi connectivity index (χ2n) is 5.82. The van der Waals surface area contributed by atoms with E-state index in [1.807, 2.05) is 23.6 Å². The Hall–Kier alpha value is -1.93. The van der Waals surface area contributed by atoms with Crippen molar-refractivity contribution in [3.05, 3.63) is 63.4 Å². The minimum Gasteiger partial charge on any atom is -0.484 e. The molecule has 0 aliphatic rings. The lowest BCUT2D eigenvalue weighted by atomic mass is 10.3. The highest BCUT2D eigenvalue weighted by Crippen LogP contribution is 2.27. The van der Waals surface area contributed by atoms with Crippen molar-refractivity contribution in [3.63, 3.8) is 0 Å². The van der Waals surface area contributed by atoms with Crippen molar-refractivity contribution in [2.24, 2.45) is 0 Å². The van der Waals surface area contributed by atoms with Crippen LogP contribution in [-0.4, -0.2) is 26.4 Å². The lowest BCUT2D eigenvalue weighted by Crippen LogP contribution is -2.15. The molecule has 3 rings (SSSR count). The predicted molar refractivity (Wildman–Crippen MR) is 117 cm³/mol. The Balaban J connectivity index is 1.60. The highest BCUT2D eigenvalue weighted by Gasteiger charge is 2.15. The molecule has 0 atom stereocenters. The van der Waals surface area contributed by atoms with Gasteiger partial charge in [-0.25, -0.2) is 0 Å². The van der Waals surface area contributed by atoms with E-state index in [1.165, 1.54) is 11.8 Å². The van der Waals surface area contributed by atoms with Crippen molar-refractivity contribution in [1.82, 2.24) is 14.8 Å². The van der Waals surface area contributed by atoms with Crippen molar-refractivity contribution in [3.8, 4) is 5.75 Å². The molecule has 0 radical (unpaired) electrons. The molecule has 2 aromatic carbocycles. The largest absolute Gasteiger partial charge is 0.484 e. The van der Waals surface area contributed by atoms with E-state index in [9.17, 15) is 4.79 Å². The monoisotopic (exact) mass is 470 g/mol. The van der Waals surface area contributed by atoms with Gasteiger partial charge in [0, 0.05) is 11.6 Å². The highest BCUT2D eigenvalue weighted by atomic mass is 35.5. The van der Waals surface area contributed by atoms with Gasteiger partial charge >= 0.3 is 0 Å². The van der Waals surface area contributed by atoms with Gasteiger partial charge in [-0.1, -0.05) is 58.7 Å². The molecule has 3 aromatic rings. The van der Waals surface area contributed by atoms with E-state index in [1.54, 1.807) is 30.3 Å². The van der Waals surface area contributed by atoms with Crippen LogP contribution < -0.4 is 10.1 Å². The third-order valence-corrected chi connectivity index (χ3v) is 5.68. The Morgan fingerprint density at radius 1 is 1.14 bits per heavy atom.